The monoisotopic (exact) mass is 1220 g/mol. The lowest BCUT2D eigenvalue weighted by Crippen LogP contribution is -2.72. The molecular weight excluding hydrogens is 1130 g/mol. The Labute approximate surface area is 491 Å². The summed E-state index contributed by atoms with van der Waals surface area (Å²) in [5.41, 5.74) is -4.73. The van der Waals surface area contributed by atoms with Crippen molar-refractivity contribution in [2.45, 2.75) is 235 Å². The van der Waals surface area contributed by atoms with Crippen molar-refractivity contribution in [1.82, 2.24) is 0 Å². The largest absolute Gasteiger partial charge is 0.479 e. The van der Waals surface area contributed by atoms with Crippen LogP contribution >= 0.6 is 0 Å². The maximum Gasteiger partial charge on any atom is 0.335 e. The number of carboxylic acids is 1. The molecule has 4 aliphatic heterocycles. The quantitative estimate of drug-likeness (QED) is 0.0267. The molecule has 9 aliphatic rings. The molecule has 27 nitrogen and oxygen atoms in total. The van der Waals surface area contributed by atoms with Crippen molar-refractivity contribution in [3.05, 3.63) is 23.8 Å². The first-order valence-corrected chi connectivity index (χ1v) is 29.4. The van der Waals surface area contributed by atoms with E-state index in [1.807, 2.05) is 13.8 Å². The van der Waals surface area contributed by atoms with Crippen LogP contribution in [0.3, 0.4) is 0 Å². The molecule has 0 amide bonds. The molecule has 4 saturated carbocycles. The van der Waals surface area contributed by atoms with Crippen LogP contribution in [0.5, 0.6) is 0 Å². The minimum atomic E-state index is -2.28. The van der Waals surface area contributed by atoms with E-state index in [1.165, 1.54) is 19.1 Å². The second-order valence-corrected chi connectivity index (χ2v) is 26.9. The number of carbonyl (C=O) groups is 4. The van der Waals surface area contributed by atoms with Gasteiger partial charge in [0.25, 0.3) is 0 Å². The van der Waals surface area contributed by atoms with Crippen LogP contribution in [0.1, 0.15) is 100 Å². The number of aliphatic hydroxyl groups excluding tert-OH is 12. The minimum absolute atomic E-state index is 0.112. The second-order valence-electron chi connectivity index (χ2n) is 26.9. The lowest BCUT2D eigenvalue weighted by Gasteiger charge is -2.72. The Hall–Kier alpha value is -3.24. The highest BCUT2D eigenvalue weighted by atomic mass is 16.8. The molecule has 30 atom stereocenters. The van der Waals surface area contributed by atoms with Gasteiger partial charge in [-0.25, -0.2) is 9.59 Å². The number of carbonyl (C=O) groups excluding carboxylic acids is 3. The van der Waals surface area contributed by atoms with Gasteiger partial charge in [-0.05, 0) is 85.9 Å². The summed E-state index contributed by atoms with van der Waals surface area (Å²) in [5, 5.41) is 144. The van der Waals surface area contributed by atoms with E-state index in [-0.39, 0.29) is 25.4 Å². The molecule has 482 valence electrons. The summed E-state index contributed by atoms with van der Waals surface area (Å²) in [6, 6.07) is 0. The summed E-state index contributed by atoms with van der Waals surface area (Å²) in [7, 11) is 0. The van der Waals surface area contributed by atoms with Gasteiger partial charge in [-0.2, -0.15) is 0 Å². The molecule has 8 fully saturated rings. The Bertz CT molecular complexity index is 2500. The Kier molecular flexibility index (Phi) is 19.1. The molecule has 0 aromatic rings. The summed E-state index contributed by atoms with van der Waals surface area (Å²) in [6.07, 6.45) is -31.5. The van der Waals surface area contributed by atoms with Gasteiger partial charge in [0.1, 0.15) is 104 Å². The molecule has 4 saturated heterocycles. The molecule has 27 heteroatoms. The van der Waals surface area contributed by atoms with Crippen molar-refractivity contribution in [3.63, 3.8) is 0 Å². The fourth-order valence-corrected chi connectivity index (χ4v) is 16.9. The summed E-state index contributed by atoms with van der Waals surface area (Å²) in [6.45, 7) is 12.4. The number of aldehydes is 1. The zero-order chi connectivity index (χ0) is 62.4. The van der Waals surface area contributed by atoms with Crippen LogP contribution in [0, 0.1) is 50.2 Å². The molecule has 13 N–H and O–H groups in total. The molecule has 4 heterocycles. The van der Waals surface area contributed by atoms with E-state index in [9.17, 15) is 85.6 Å². The number of hydrogen-bond acceptors (Lipinski definition) is 26. The Morgan fingerprint density at radius 1 is 0.694 bits per heavy atom. The highest BCUT2D eigenvalue weighted by molar-refractivity contribution is 5.82. The molecule has 5 aliphatic carbocycles. The van der Waals surface area contributed by atoms with E-state index >= 15 is 0 Å². The fraction of sp³-hybridized carbons (Fsp3) is 0.862. The van der Waals surface area contributed by atoms with Crippen molar-refractivity contribution in [2.24, 2.45) is 50.2 Å². The number of aliphatic carboxylic acids is 1. The first-order chi connectivity index (χ1) is 39.8. The average Bonchev–Trinajstić information content (AvgIpc) is 0.676. The lowest BCUT2D eigenvalue weighted by atomic mass is 9.33. The highest BCUT2D eigenvalue weighted by Crippen LogP contribution is 2.76. The van der Waals surface area contributed by atoms with E-state index in [0.29, 0.717) is 32.1 Å². The molecular formula is C58H88O27. The van der Waals surface area contributed by atoms with Gasteiger partial charge < -0.3 is 119 Å². The maximum atomic E-state index is 14.2. The molecule has 1 unspecified atom stereocenters. The predicted octanol–water partition coefficient (Wildman–Crippen LogP) is -2.40. The first-order valence-electron chi connectivity index (χ1n) is 29.4. The average molecular weight is 1220 g/mol. The van der Waals surface area contributed by atoms with Crippen LogP contribution in [0.2, 0.25) is 0 Å². The summed E-state index contributed by atoms with van der Waals surface area (Å²) in [4.78, 5) is 52.8. The molecule has 0 aromatic heterocycles. The third-order valence-corrected chi connectivity index (χ3v) is 21.8. The number of allylic oxidation sites excluding steroid dienone is 3. The zero-order valence-corrected chi connectivity index (χ0v) is 49.1. The Morgan fingerprint density at radius 2 is 1.33 bits per heavy atom. The number of aliphatic hydroxyl groups is 12. The van der Waals surface area contributed by atoms with Crippen molar-refractivity contribution >= 4 is 24.2 Å². The van der Waals surface area contributed by atoms with Crippen molar-refractivity contribution in [1.29, 1.82) is 0 Å². The van der Waals surface area contributed by atoms with Gasteiger partial charge in [0.15, 0.2) is 31.3 Å². The highest BCUT2D eigenvalue weighted by Gasteiger charge is 2.74. The molecule has 9 rings (SSSR count). The lowest BCUT2D eigenvalue weighted by molar-refractivity contribution is -0.398. The standard InChI is InChI=1S/C58H88O27/c1-9-10-34(65)81-47-46(73)58(23-78-24(2)61)26(17-53(47,3)4)25-11-12-31-54(5)15-14-33(55(6,22-60)30(54)13-16-56(31,7)57(25,8)18-32(58)64)80-52-45(85-50-40(71)38(69)37(68)29(19-59)79-50)42(41(72)43(83-52)48(74)75)82-51-44(36(67)28(63)21-77-51)84-49-39(70)35(66)27(62)20-76-49/h9-11,22,26-33,35-47,49-52,59,62-64,66-73H,12-21,23H2,1-8H3,(H,74,75)/b10-9-/t26-,27+,28-,29+,30?,31+,32+,33-,35-,36-,37-,38-,39+,40+,41-,42-,43-,44+,45+,46-,47-,49-,50-,51-,52+,54-,55-,56+,57+,58-/m0/s1. The maximum absolute atomic E-state index is 14.2. The van der Waals surface area contributed by atoms with Gasteiger partial charge in [0.2, 0.25) is 0 Å². The second kappa shape index (κ2) is 24.5. The molecule has 0 radical (unpaired) electrons. The van der Waals surface area contributed by atoms with Gasteiger partial charge in [-0.15, -0.1) is 0 Å². The first kappa shape index (κ1) is 66.2. The number of ether oxygens (including phenoxy) is 10. The third kappa shape index (κ3) is 11.1. The van der Waals surface area contributed by atoms with Crippen molar-refractivity contribution in [2.75, 3.05) is 26.4 Å². The number of esters is 2. The number of carboxylic acid groups (broad SMARTS) is 1. The minimum Gasteiger partial charge on any atom is -0.479 e. The Balaban J connectivity index is 1.05. The van der Waals surface area contributed by atoms with E-state index in [0.717, 1.165) is 11.9 Å². The van der Waals surface area contributed by atoms with Crippen LogP contribution in [0.15, 0.2) is 23.8 Å². The molecule has 0 spiro atoms. The Morgan fingerprint density at radius 3 is 1.96 bits per heavy atom. The SMILES string of the molecule is C/C=C\C(=O)O[C@H]1[C@H](O)[C@]2(COC(C)=O)[C@H](O)C[C@]3(C)C(=CC[C@@H]4[C@@]5(C)CC[C@H](O[C@@H]6O[C@H](C(=O)O)[C@@H](O)[C@H](O[C@@H]7OC[C@H](O)[C@H](O)[C@H]7O[C@@H]7OC[C@@H](O)[C@H](O)[C@H]7O)[C@H]6O[C@@H]6O[C@H](CO)[C@H](O)[C@H](O)[C@H]6O)[C@@](C)(C=O)C5CC[C@]43C)[C@@H]2CC1(C)C. The van der Waals surface area contributed by atoms with Crippen LogP contribution in [-0.2, 0) is 66.5 Å². The molecule has 0 bridgehead atoms. The molecule has 85 heavy (non-hydrogen) atoms. The van der Waals surface area contributed by atoms with Gasteiger partial charge in [-0.1, -0.05) is 59.3 Å². The smallest absolute Gasteiger partial charge is 0.335 e. The van der Waals surface area contributed by atoms with Crippen LogP contribution in [0.4, 0.5) is 0 Å². The summed E-state index contributed by atoms with van der Waals surface area (Å²) >= 11 is 0. The van der Waals surface area contributed by atoms with Gasteiger partial charge in [0.05, 0.1) is 42.9 Å². The normalized spacial score (nSPS) is 51.4. The van der Waals surface area contributed by atoms with Crippen molar-refractivity contribution in [3.8, 4) is 0 Å². The number of fused-ring (bicyclic) bond motifs is 7. The third-order valence-electron chi connectivity index (χ3n) is 21.8. The van der Waals surface area contributed by atoms with Crippen LogP contribution < -0.4 is 0 Å². The van der Waals surface area contributed by atoms with Gasteiger partial charge in [0, 0.05) is 18.4 Å². The summed E-state index contributed by atoms with van der Waals surface area (Å²) in [5.74, 6) is -4.22. The topological polar surface area (TPSA) is 424 Å². The fourth-order valence-electron chi connectivity index (χ4n) is 16.9. The zero-order valence-electron chi connectivity index (χ0n) is 49.1. The van der Waals surface area contributed by atoms with Crippen LogP contribution in [-0.4, -0.2) is 252 Å². The van der Waals surface area contributed by atoms with Gasteiger partial charge >= 0.3 is 17.9 Å². The number of hydrogen-bond donors (Lipinski definition) is 13. The number of rotatable bonds is 15. The summed E-state index contributed by atoms with van der Waals surface area (Å²) < 4.78 is 59.8. The van der Waals surface area contributed by atoms with E-state index in [1.54, 1.807) is 13.8 Å². The van der Waals surface area contributed by atoms with Gasteiger partial charge in [-0.3, -0.25) is 4.79 Å². The predicted molar refractivity (Wildman–Crippen MR) is 284 cm³/mol. The van der Waals surface area contributed by atoms with E-state index < -0.39 is 217 Å². The molecule has 0 aromatic carbocycles. The van der Waals surface area contributed by atoms with E-state index in [2.05, 4.69) is 26.8 Å². The van der Waals surface area contributed by atoms with E-state index in [4.69, 9.17) is 47.4 Å². The van der Waals surface area contributed by atoms with Crippen molar-refractivity contribution < 1.29 is 133 Å². The van der Waals surface area contributed by atoms with Crippen LogP contribution in [0.25, 0.3) is 0 Å².